The van der Waals surface area contributed by atoms with Gasteiger partial charge in [0.2, 0.25) is 5.91 Å². The third-order valence-corrected chi connectivity index (χ3v) is 4.52. The van der Waals surface area contributed by atoms with Crippen molar-refractivity contribution in [3.63, 3.8) is 0 Å². The van der Waals surface area contributed by atoms with E-state index in [4.69, 9.17) is 5.73 Å². The smallest absolute Gasteiger partial charge is 0.353 e. The first kappa shape index (κ1) is 19.2. The number of alkyl halides is 3. The average Bonchev–Trinajstić information content (AvgIpc) is 2.54. The first-order valence-corrected chi connectivity index (χ1v) is 8.06. The molecule has 1 aromatic rings. The van der Waals surface area contributed by atoms with Crippen LogP contribution in [0.15, 0.2) is 18.2 Å². The summed E-state index contributed by atoms with van der Waals surface area (Å²) in [5.74, 6) is -0.298. The number of halogens is 3. The Morgan fingerprint density at radius 1 is 1.32 bits per heavy atom. The first-order chi connectivity index (χ1) is 11.7. The number of nitro groups is 1. The Labute approximate surface area is 142 Å². The van der Waals surface area contributed by atoms with Crippen molar-refractivity contribution in [1.29, 1.82) is 0 Å². The van der Waals surface area contributed by atoms with Gasteiger partial charge in [0.05, 0.1) is 16.9 Å². The Hall–Kier alpha value is -2.16. The summed E-state index contributed by atoms with van der Waals surface area (Å²) < 4.78 is 38.1. The van der Waals surface area contributed by atoms with Gasteiger partial charge in [-0.15, -0.1) is 0 Å². The van der Waals surface area contributed by atoms with Crippen LogP contribution in [0.5, 0.6) is 0 Å². The maximum Gasteiger partial charge on any atom is 0.416 e. The van der Waals surface area contributed by atoms with Gasteiger partial charge in [-0.3, -0.25) is 14.9 Å². The third-order valence-electron chi connectivity index (χ3n) is 4.52. The second-order valence-corrected chi connectivity index (χ2v) is 6.23. The predicted octanol–water partition coefficient (Wildman–Crippen LogP) is 2.79. The van der Waals surface area contributed by atoms with Crippen molar-refractivity contribution in [3.8, 4) is 0 Å². The lowest BCUT2D eigenvalue weighted by atomic mass is 9.84. The molecule has 2 atom stereocenters. The molecule has 2 rings (SSSR count). The van der Waals surface area contributed by atoms with Crippen LogP contribution in [-0.2, 0) is 17.4 Å². The topological polar surface area (TPSA) is 98.3 Å². The van der Waals surface area contributed by atoms with Crippen molar-refractivity contribution in [1.82, 2.24) is 5.32 Å². The van der Waals surface area contributed by atoms with Crippen molar-refractivity contribution in [2.24, 2.45) is 11.7 Å². The van der Waals surface area contributed by atoms with Gasteiger partial charge in [-0.1, -0.05) is 18.9 Å². The van der Waals surface area contributed by atoms with Crippen molar-refractivity contribution < 1.29 is 22.9 Å². The molecule has 0 saturated heterocycles. The van der Waals surface area contributed by atoms with E-state index in [0.717, 1.165) is 37.8 Å². The van der Waals surface area contributed by atoms with Crippen molar-refractivity contribution in [2.45, 2.75) is 44.3 Å². The highest BCUT2D eigenvalue weighted by Gasteiger charge is 2.33. The Kier molecular flexibility index (Phi) is 5.99. The zero-order chi connectivity index (χ0) is 18.6. The summed E-state index contributed by atoms with van der Waals surface area (Å²) in [6.07, 6.45) is -1.34. The van der Waals surface area contributed by atoms with Gasteiger partial charge in [-0.25, -0.2) is 0 Å². The average molecular weight is 359 g/mol. The van der Waals surface area contributed by atoms with Gasteiger partial charge in [0, 0.05) is 17.7 Å². The van der Waals surface area contributed by atoms with Crippen LogP contribution in [0.3, 0.4) is 0 Å². The fourth-order valence-electron chi connectivity index (χ4n) is 3.17. The Morgan fingerprint density at radius 3 is 2.60 bits per heavy atom. The standard InChI is InChI=1S/C16H20F3N3O3/c17-16(18,19)12-6-5-10(14(8-12)22(24)25)7-15(23)21-13-4-2-1-3-11(13)9-20/h5-6,8,11,13H,1-4,7,9,20H2,(H,21,23)/t11-,13+/m0/s1. The lowest BCUT2D eigenvalue weighted by Gasteiger charge is -2.31. The second kappa shape index (κ2) is 7.81. The molecule has 3 N–H and O–H groups in total. The second-order valence-electron chi connectivity index (χ2n) is 6.23. The molecule has 0 unspecified atom stereocenters. The number of nitrogens with zero attached hydrogens (tertiary/aromatic N) is 1. The minimum Gasteiger partial charge on any atom is -0.353 e. The molecule has 0 aliphatic heterocycles. The van der Waals surface area contributed by atoms with Gasteiger partial charge in [0.25, 0.3) is 5.69 Å². The Balaban J connectivity index is 2.13. The number of nitrogens with one attached hydrogen (secondary N) is 1. The highest BCUT2D eigenvalue weighted by atomic mass is 19.4. The quantitative estimate of drug-likeness (QED) is 0.624. The molecule has 25 heavy (non-hydrogen) atoms. The molecule has 1 fully saturated rings. The zero-order valence-electron chi connectivity index (χ0n) is 13.5. The number of nitro benzene ring substituents is 1. The third kappa shape index (κ3) is 4.91. The predicted molar refractivity (Wildman–Crippen MR) is 84.7 cm³/mol. The van der Waals surface area contributed by atoms with Crippen LogP contribution in [0, 0.1) is 16.0 Å². The molecule has 0 bridgehead atoms. The molecule has 1 aliphatic carbocycles. The van der Waals surface area contributed by atoms with Crippen molar-refractivity contribution in [3.05, 3.63) is 39.4 Å². The monoisotopic (exact) mass is 359 g/mol. The highest BCUT2D eigenvalue weighted by molar-refractivity contribution is 5.80. The molecule has 6 nitrogen and oxygen atoms in total. The lowest BCUT2D eigenvalue weighted by molar-refractivity contribution is -0.385. The fourth-order valence-corrected chi connectivity index (χ4v) is 3.17. The van der Waals surface area contributed by atoms with E-state index >= 15 is 0 Å². The molecular formula is C16H20F3N3O3. The van der Waals surface area contributed by atoms with Crippen LogP contribution in [0.2, 0.25) is 0 Å². The Bertz CT molecular complexity index is 649. The summed E-state index contributed by atoms with van der Waals surface area (Å²) >= 11 is 0. The van der Waals surface area contributed by atoms with Gasteiger partial charge in [-0.05, 0) is 31.4 Å². The van der Waals surface area contributed by atoms with E-state index in [2.05, 4.69) is 5.32 Å². The van der Waals surface area contributed by atoms with Gasteiger partial charge >= 0.3 is 6.18 Å². The van der Waals surface area contributed by atoms with Crippen LogP contribution in [0.25, 0.3) is 0 Å². The molecule has 1 amide bonds. The number of rotatable bonds is 5. The number of benzene rings is 1. The summed E-state index contributed by atoms with van der Waals surface area (Å²) in [6, 6.07) is 2.10. The summed E-state index contributed by atoms with van der Waals surface area (Å²) in [5.41, 5.74) is 3.83. The molecule has 1 saturated carbocycles. The molecule has 0 aromatic heterocycles. The molecule has 0 spiro atoms. The van der Waals surface area contributed by atoms with E-state index < -0.39 is 28.3 Å². The number of carbonyl (C=O) groups is 1. The first-order valence-electron chi connectivity index (χ1n) is 8.06. The Morgan fingerprint density at radius 2 is 2.00 bits per heavy atom. The summed E-state index contributed by atoms with van der Waals surface area (Å²) in [7, 11) is 0. The van der Waals surface area contributed by atoms with E-state index in [0.29, 0.717) is 12.6 Å². The minimum absolute atomic E-state index is 0.0457. The van der Waals surface area contributed by atoms with E-state index in [1.165, 1.54) is 0 Å². The van der Waals surface area contributed by atoms with Crippen LogP contribution >= 0.6 is 0 Å². The van der Waals surface area contributed by atoms with Gasteiger partial charge in [0.1, 0.15) is 0 Å². The summed E-state index contributed by atoms with van der Waals surface area (Å²) in [4.78, 5) is 22.4. The maximum absolute atomic E-state index is 12.7. The van der Waals surface area contributed by atoms with E-state index in [1.54, 1.807) is 0 Å². The lowest BCUT2D eigenvalue weighted by Crippen LogP contribution is -2.45. The normalized spacial score (nSPS) is 21.0. The SMILES string of the molecule is NC[C@@H]1CCCC[C@H]1NC(=O)Cc1ccc(C(F)(F)F)cc1[N+](=O)[O-]. The van der Waals surface area contributed by atoms with E-state index in [9.17, 15) is 28.1 Å². The molecule has 138 valence electrons. The molecule has 0 radical (unpaired) electrons. The number of carbonyl (C=O) groups excluding carboxylic acids is 1. The molecule has 9 heteroatoms. The number of hydrogen-bond donors (Lipinski definition) is 2. The molecule has 0 heterocycles. The maximum atomic E-state index is 12.7. The number of amides is 1. The minimum atomic E-state index is -4.68. The van der Waals surface area contributed by atoms with Crippen LogP contribution in [-0.4, -0.2) is 23.4 Å². The van der Waals surface area contributed by atoms with E-state index in [-0.39, 0.29) is 23.9 Å². The van der Waals surface area contributed by atoms with Gasteiger partial charge in [0.15, 0.2) is 0 Å². The summed E-state index contributed by atoms with van der Waals surface area (Å²) in [5, 5.41) is 13.9. The van der Waals surface area contributed by atoms with Crippen LogP contribution < -0.4 is 11.1 Å². The van der Waals surface area contributed by atoms with Gasteiger partial charge < -0.3 is 11.1 Å². The summed E-state index contributed by atoms with van der Waals surface area (Å²) in [6.45, 7) is 0.436. The fraction of sp³-hybridized carbons (Fsp3) is 0.562. The van der Waals surface area contributed by atoms with Crippen LogP contribution in [0.1, 0.15) is 36.8 Å². The van der Waals surface area contributed by atoms with E-state index in [1.807, 2.05) is 0 Å². The zero-order valence-corrected chi connectivity index (χ0v) is 13.5. The van der Waals surface area contributed by atoms with Crippen molar-refractivity contribution >= 4 is 11.6 Å². The number of hydrogen-bond acceptors (Lipinski definition) is 4. The molecular weight excluding hydrogens is 339 g/mol. The molecule has 1 aromatic carbocycles. The number of nitrogens with two attached hydrogens (primary N) is 1. The highest BCUT2D eigenvalue weighted by Crippen LogP contribution is 2.33. The molecule has 1 aliphatic rings. The largest absolute Gasteiger partial charge is 0.416 e. The van der Waals surface area contributed by atoms with Crippen LogP contribution in [0.4, 0.5) is 18.9 Å². The van der Waals surface area contributed by atoms with Gasteiger partial charge in [-0.2, -0.15) is 13.2 Å². The van der Waals surface area contributed by atoms with Crippen molar-refractivity contribution in [2.75, 3.05) is 6.54 Å².